The molecule has 0 saturated carbocycles. The van der Waals surface area contributed by atoms with E-state index in [9.17, 15) is 0 Å². The fraction of sp³-hybridized carbons (Fsp3) is 0.0323. The number of rotatable bonds is 6. The number of fused-ring (bicyclic) bond motifs is 6. The molecule has 0 aromatic heterocycles. The number of hydrogen-bond donors (Lipinski definition) is 0. The van der Waals surface area contributed by atoms with Crippen molar-refractivity contribution in [1.29, 1.82) is 0 Å². The van der Waals surface area contributed by atoms with Crippen LogP contribution in [0.25, 0.3) is 99.1 Å². The average molecular weight is 787 g/mol. The molecule has 12 rings (SSSR count). The van der Waals surface area contributed by atoms with E-state index < -0.39 is 0 Å². The molecule has 1 aliphatic carbocycles. The smallest absolute Gasteiger partial charge is 0.0435 e. The summed E-state index contributed by atoms with van der Waals surface area (Å²) in [7, 11) is 0. The Balaban J connectivity index is 1.01. The third-order valence-electron chi connectivity index (χ3n) is 13.5. The summed E-state index contributed by atoms with van der Waals surface area (Å²) in [6, 6.07) is 87.6. The van der Waals surface area contributed by atoms with Crippen LogP contribution in [-0.2, 0) is 5.41 Å². The highest BCUT2D eigenvalue weighted by atomic mass is 14.4. The first kappa shape index (κ1) is 36.1. The molecular weight excluding hydrogens is 745 g/mol. The highest BCUT2D eigenvalue weighted by molar-refractivity contribution is 6.21. The molecule has 0 spiro atoms. The van der Waals surface area contributed by atoms with Crippen molar-refractivity contribution < 1.29 is 0 Å². The van der Waals surface area contributed by atoms with Crippen molar-refractivity contribution in [3.8, 4) is 66.8 Å². The average Bonchev–Trinajstić information content (AvgIpc) is 3.61. The van der Waals surface area contributed by atoms with Gasteiger partial charge in [0.05, 0.1) is 0 Å². The van der Waals surface area contributed by atoms with Crippen molar-refractivity contribution in [2.75, 3.05) is 0 Å². The maximum Gasteiger partial charge on any atom is 0.0435 e. The second kappa shape index (κ2) is 14.4. The molecular formula is C62H42. The van der Waals surface area contributed by atoms with Crippen molar-refractivity contribution in [2.45, 2.75) is 12.3 Å². The molecule has 62 heavy (non-hydrogen) atoms. The van der Waals surface area contributed by atoms with Gasteiger partial charge in [-0.1, -0.05) is 206 Å². The Bertz CT molecular complexity index is 3390. The Hall–Kier alpha value is -7.80. The quantitative estimate of drug-likeness (QED) is 0.147. The van der Waals surface area contributed by atoms with Crippen LogP contribution < -0.4 is 0 Å². The number of benzene rings is 11. The van der Waals surface area contributed by atoms with Gasteiger partial charge in [0.15, 0.2) is 0 Å². The summed E-state index contributed by atoms with van der Waals surface area (Å²) >= 11 is 0. The van der Waals surface area contributed by atoms with Crippen LogP contribution in [-0.4, -0.2) is 0 Å². The minimum atomic E-state index is -0.318. The molecule has 1 unspecified atom stereocenters. The summed E-state index contributed by atoms with van der Waals surface area (Å²) in [6.07, 6.45) is 0. The zero-order valence-electron chi connectivity index (χ0n) is 34.5. The third-order valence-corrected chi connectivity index (χ3v) is 13.5. The lowest BCUT2D eigenvalue weighted by Crippen LogP contribution is -2.22. The van der Waals surface area contributed by atoms with E-state index in [0.29, 0.717) is 0 Å². The third kappa shape index (κ3) is 5.75. The van der Waals surface area contributed by atoms with Gasteiger partial charge in [-0.15, -0.1) is 0 Å². The van der Waals surface area contributed by atoms with Crippen molar-refractivity contribution in [2.24, 2.45) is 0 Å². The summed E-state index contributed by atoms with van der Waals surface area (Å²) < 4.78 is 0. The Kier molecular flexibility index (Phi) is 8.40. The molecule has 0 nitrogen and oxygen atoms in total. The predicted molar refractivity (Wildman–Crippen MR) is 264 cm³/mol. The Morgan fingerprint density at radius 2 is 0.694 bits per heavy atom. The molecule has 0 amide bonds. The lowest BCUT2D eigenvalue weighted by molar-refractivity contribution is 0.715. The molecule has 0 heteroatoms. The van der Waals surface area contributed by atoms with Crippen molar-refractivity contribution >= 4 is 32.3 Å². The van der Waals surface area contributed by atoms with Crippen LogP contribution in [0.4, 0.5) is 0 Å². The Morgan fingerprint density at radius 3 is 1.29 bits per heavy atom. The van der Waals surface area contributed by atoms with E-state index >= 15 is 0 Å². The van der Waals surface area contributed by atoms with Crippen LogP contribution in [0.3, 0.4) is 0 Å². The highest BCUT2D eigenvalue weighted by Crippen LogP contribution is 2.54. The summed E-state index contributed by atoms with van der Waals surface area (Å²) in [4.78, 5) is 0. The molecule has 0 saturated heterocycles. The second-order valence-electron chi connectivity index (χ2n) is 16.9. The van der Waals surface area contributed by atoms with Gasteiger partial charge in [-0.2, -0.15) is 0 Å². The maximum absolute atomic E-state index is 2.50. The second-order valence-corrected chi connectivity index (χ2v) is 16.9. The van der Waals surface area contributed by atoms with Gasteiger partial charge < -0.3 is 0 Å². The lowest BCUT2D eigenvalue weighted by Gasteiger charge is -2.29. The monoisotopic (exact) mass is 786 g/mol. The lowest BCUT2D eigenvalue weighted by atomic mass is 9.73. The molecule has 0 aliphatic heterocycles. The van der Waals surface area contributed by atoms with Crippen molar-refractivity contribution in [3.05, 3.63) is 253 Å². The molecule has 0 N–H and O–H groups in total. The summed E-state index contributed by atoms with van der Waals surface area (Å²) in [5.41, 5.74) is 18.6. The SMILES string of the molecule is CC1(c2ccc3ccccc3c2)c2ccccc2-c2ccc(-c3c4ccccc4c(-c4ccc(-c5cc(-c6ccccc6)cc(-c6ccccc6)c5)cc4)c4ccccc34)cc21. The van der Waals surface area contributed by atoms with Crippen molar-refractivity contribution in [1.82, 2.24) is 0 Å². The first-order valence-corrected chi connectivity index (χ1v) is 21.7. The van der Waals surface area contributed by atoms with E-state index in [4.69, 9.17) is 0 Å². The molecule has 11 aromatic carbocycles. The topological polar surface area (TPSA) is 0 Å². The van der Waals surface area contributed by atoms with Crippen LogP contribution in [0, 0.1) is 0 Å². The minimum absolute atomic E-state index is 0.318. The minimum Gasteiger partial charge on any atom is -0.0622 e. The van der Waals surface area contributed by atoms with Crippen LogP contribution >= 0.6 is 0 Å². The van der Waals surface area contributed by atoms with Crippen LogP contribution in [0.1, 0.15) is 23.6 Å². The molecule has 1 aliphatic rings. The van der Waals surface area contributed by atoms with Crippen LogP contribution in [0.5, 0.6) is 0 Å². The van der Waals surface area contributed by atoms with Gasteiger partial charge in [-0.25, -0.2) is 0 Å². The number of hydrogen-bond acceptors (Lipinski definition) is 0. The highest BCUT2D eigenvalue weighted by Gasteiger charge is 2.41. The summed E-state index contributed by atoms with van der Waals surface area (Å²) in [5, 5.41) is 7.57. The summed E-state index contributed by atoms with van der Waals surface area (Å²) in [6.45, 7) is 2.43. The van der Waals surface area contributed by atoms with Crippen LogP contribution in [0.15, 0.2) is 237 Å². The molecule has 1 atom stereocenters. The standard InChI is InChI=1S/C62H42/c1-62(51-34-32-43-20-8-9-21-46(43)39-51)58-27-15-14-22-52(58)53-35-33-47(40-59(53)62)61-56-25-12-10-23-54(56)60(55-24-11-13-26-57(55)61)45-30-28-44(29-31-45)50-37-48(41-16-4-2-5-17-41)36-49(38-50)42-18-6-3-7-19-42/h2-40H,1H3. The van der Waals surface area contributed by atoms with Gasteiger partial charge in [-0.05, 0) is 153 Å². The van der Waals surface area contributed by atoms with Crippen LogP contribution in [0.2, 0.25) is 0 Å². The van der Waals surface area contributed by atoms with Gasteiger partial charge >= 0.3 is 0 Å². The van der Waals surface area contributed by atoms with E-state index in [0.717, 1.165) is 0 Å². The first-order chi connectivity index (χ1) is 30.6. The van der Waals surface area contributed by atoms with Gasteiger partial charge in [-0.3, -0.25) is 0 Å². The van der Waals surface area contributed by atoms with Gasteiger partial charge in [0.25, 0.3) is 0 Å². The van der Waals surface area contributed by atoms with Gasteiger partial charge in [0.1, 0.15) is 0 Å². The molecule has 0 radical (unpaired) electrons. The molecule has 0 heterocycles. The van der Waals surface area contributed by atoms with E-state index in [2.05, 4.69) is 244 Å². The fourth-order valence-corrected chi connectivity index (χ4v) is 10.4. The molecule has 11 aromatic rings. The fourth-order valence-electron chi connectivity index (χ4n) is 10.4. The summed E-state index contributed by atoms with van der Waals surface area (Å²) in [5.74, 6) is 0. The Morgan fingerprint density at radius 1 is 0.258 bits per heavy atom. The molecule has 0 bridgehead atoms. The normalized spacial score (nSPS) is 14.3. The predicted octanol–water partition coefficient (Wildman–Crippen LogP) is 16.8. The first-order valence-electron chi connectivity index (χ1n) is 21.7. The molecule has 0 fully saturated rings. The zero-order valence-corrected chi connectivity index (χ0v) is 34.5. The van der Waals surface area contributed by atoms with Gasteiger partial charge in [0, 0.05) is 5.41 Å². The zero-order chi connectivity index (χ0) is 41.2. The Labute approximate surface area is 363 Å². The van der Waals surface area contributed by atoms with Gasteiger partial charge in [0.2, 0.25) is 0 Å². The van der Waals surface area contributed by atoms with E-state index in [1.165, 1.54) is 116 Å². The maximum atomic E-state index is 2.50. The van der Waals surface area contributed by atoms with E-state index in [-0.39, 0.29) is 5.41 Å². The molecule has 290 valence electrons. The van der Waals surface area contributed by atoms with E-state index in [1.54, 1.807) is 0 Å². The van der Waals surface area contributed by atoms with Crippen molar-refractivity contribution in [3.63, 3.8) is 0 Å². The largest absolute Gasteiger partial charge is 0.0622 e. The van der Waals surface area contributed by atoms with E-state index in [1.807, 2.05) is 0 Å².